The van der Waals surface area contributed by atoms with Crippen LogP contribution >= 0.6 is 0 Å². The van der Waals surface area contributed by atoms with Crippen molar-refractivity contribution in [3.05, 3.63) is 0 Å². The fraction of sp³-hybridized carbons (Fsp3) is 0.667. The highest BCUT2D eigenvalue weighted by molar-refractivity contribution is 5.80. The molecule has 0 aliphatic carbocycles. The molecule has 0 heterocycles. The van der Waals surface area contributed by atoms with Gasteiger partial charge in [0.1, 0.15) is 0 Å². The summed E-state index contributed by atoms with van der Waals surface area (Å²) < 4.78 is 0. The van der Waals surface area contributed by atoms with Crippen molar-refractivity contribution in [2.45, 2.75) is 19.9 Å². The van der Waals surface area contributed by atoms with Crippen molar-refractivity contribution in [1.29, 1.82) is 0 Å². The topological polar surface area (TPSA) is 36.4 Å². The van der Waals surface area contributed by atoms with Gasteiger partial charge in [-0.05, 0) is 5.92 Å². The number of guanidine groups is 1. The largest absolute Gasteiger partial charge is 0.359 e. The average molecular weight is 167 g/mol. The molecule has 12 heavy (non-hydrogen) atoms. The standard InChI is InChI=1S/C9H17N3/c1-6-8(7(2)3)12-9(10-4)11-5/h1,7-8H,2-5H3,(H2,10,11,12). The van der Waals surface area contributed by atoms with Gasteiger partial charge >= 0.3 is 0 Å². The second-order valence-corrected chi connectivity index (χ2v) is 2.85. The van der Waals surface area contributed by atoms with E-state index in [0.717, 1.165) is 5.96 Å². The summed E-state index contributed by atoms with van der Waals surface area (Å²) in [5.74, 6) is 3.80. The molecule has 0 saturated carbocycles. The van der Waals surface area contributed by atoms with Gasteiger partial charge in [-0.2, -0.15) is 0 Å². The normalized spacial score (nSPS) is 13.8. The molecule has 2 N–H and O–H groups in total. The van der Waals surface area contributed by atoms with Crippen molar-refractivity contribution in [3.63, 3.8) is 0 Å². The van der Waals surface area contributed by atoms with Gasteiger partial charge in [0, 0.05) is 14.1 Å². The maximum atomic E-state index is 5.34. The summed E-state index contributed by atoms with van der Waals surface area (Å²) in [6.45, 7) is 4.14. The number of nitrogens with zero attached hydrogens (tertiary/aromatic N) is 1. The Labute approximate surface area is 74.7 Å². The molecule has 0 spiro atoms. The van der Waals surface area contributed by atoms with E-state index in [4.69, 9.17) is 6.42 Å². The van der Waals surface area contributed by atoms with Crippen LogP contribution in [0.5, 0.6) is 0 Å². The molecule has 0 bridgehead atoms. The van der Waals surface area contributed by atoms with Gasteiger partial charge in [-0.25, -0.2) is 0 Å². The summed E-state index contributed by atoms with van der Waals surface area (Å²) in [7, 11) is 3.52. The van der Waals surface area contributed by atoms with Gasteiger partial charge < -0.3 is 10.6 Å². The van der Waals surface area contributed by atoms with Gasteiger partial charge in [0.2, 0.25) is 0 Å². The molecule has 0 rings (SSSR count). The molecule has 0 fully saturated rings. The van der Waals surface area contributed by atoms with Crippen LogP contribution in [0.1, 0.15) is 13.8 Å². The fourth-order valence-electron chi connectivity index (χ4n) is 0.797. The number of hydrogen-bond donors (Lipinski definition) is 2. The molecule has 0 aromatic rings. The highest BCUT2D eigenvalue weighted by atomic mass is 15.2. The van der Waals surface area contributed by atoms with Gasteiger partial charge in [-0.3, -0.25) is 4.99 Å². The maximum absolute atomic E-state index is 5.34. The van der Waals surface area contributed by atoms with E-state index in [1.807, 2.05) is 7.05 Å². The van der Waals surface area contributed by atoms with E-state index < -0.39 is 0 Å². The molecule has 0 aromatic heterocycles. The smallest absolute Gasteiger partial charge is 0.191 e. The summed E-state index contributed by atoms with van der Waals surface area (Å²) in [6.07, 6.45) is 5.34. The number of nitrogens with one attached hydrogen (secondary N) is 2. The third-order valence-electron chi connectivity index (χ3n) is 1.60. The lowest BCUT2D eigenvalue weighted by Crippen LogP contribution is -2.43. The fourth-order valence-corrected chi connectivity index (χ4v) is 0.797. The van der Waals surface area contributed by atoms with Crippen LogP contribution in [0.25, 0.3) is 0 Å². The summed E-state index contributed by atoms with van der Waals surface area (Å²) in [6, 6.07) is 0.0381. The first-order valence-electron chi connectivity index (χ1n) is 4.02. The zero-order valence-electron chi connectivity index (χ0n) is 8.18. The zero-order valence-corrected chi connectivity index (χ0v) is 8.18. The lowest BCUT2D eigenvalue weighted by atomic mass is 10.1. The summed E-state index contributed by atoms with van der Waals surface area (Å²) in [5, 5.41) is 6.02. The van der Waals surface area contributed by atoms with Gasteiger partial charge in [0.05, 0.1) is 6.04 Å². The minimum Gasteiger partial charge on any atom is -0.359 e. The Morgan fingerprint density at radius 3 is 2.33 bits per heavy atom. The molecule has 0 saturated heterocycles. The Bertz CT molecular complexity index is 188. The minimum absolute atomic E-state index is 0.0381. The van der Waals surface area contributed by atoms with Crippen LogP contribution in [0.15, 0.2) is 4.99 Å². The van der Waals surface area contributed by atoms with E-state index in [1.54, 1.807) is 7.05 Å². The number of aliphatic imine (C=N–C) groups is 1. The highest BCUT2D eigenvalue weighted by Gasteiger charge is 2.09. The van der Waals surface area contributed by atoms with Crippen LogP contribution in [-0.4, -0.2) is 26.1 Å². The summed E-state index contributed by atoms with van der Waals surface area (Å²) >= 11 is 0. The predicted molar refractivity (Wildman–Crippen MR) is 53.0 cm³/mol. The van der Waals surface area contributed by atoms with Crippen LogP contribution in [0.4, 0.5) is 0 Å². The summed E-state index contributed by atoms with van der Waals surface area (Å²) in [4.78, 5) is 3.98. The number of hydrogen-bond acceptors (Lipinski definition) is 1. The Morgan fingerprint density at radius 2 is 2.08 bits per heavy atom. The van der Waals surface area contributed by atoms with Crippen molar-refractivity contribution in [2.75, 3.05) is 14.1 Å². The molecule has 0 aromatic carbocycles. The van der Waals surface area contributed by atoms with E-state index in [1.165, 1.54) is 0 Å². The first-order valence-corrected chi connectivity index (χ1v) is 4.02. The van der Waals surface area contributed by atoms with Crippen molar-refractivity contribution in [3.8, 4) is 12.3 Å². The van der Waals surface area contributed by atoms with Crippen LogP contribution in [0, 0.1) is 18.3 Å². The average Bonchev–Trinajstić information content (AvgIpc) is 2.06. The highest BCUT2D eigenvalue weighted by Crippen LogP contribution is 1.98. The Balaban J connectivity index is 4.13. The molecule has 0 radical (unpaired) electrons. The van der Waals surface area contributed by atoms with Crippen LogP contribution in [-0.2, 0) is 0 Å². The predicted octanol–water partition coefficient (Wildman–Crippen LogP) is 0.439. The van der Waals surface area contributed by atoms with Crippen LogP contribution in [0.2, 0.25) is 0 Å². The van der Waals surface area contributed by atoms with Gasteiger partial charge in [-0.1, -0.05) is 19.8 Å². The second-order valence-electron chi connectivity index (χ2n) is 2.85. The number of terminal acetylenes is 1. The molecular formula is C9H17N3. The van der Waals surface area contributed by atoms with E-state index in [0.29, 0.717) is 5.92 Å². The van der Waals surface area contributed by atoms with Gasteiger partial charge in [-0.15, -0.1) is 6.42 Å². The quantitative estimate of drug-likeness (QED) is 0.356. The molecule has 3 heteroatoms. The third kappa shape index (κ3) is 3.29. The Morgan fingerprint density at radius 1 is 1.50 bits per heavy atom. The van der Waals surface area contributed by atoms with Crippen LogP contribution < -0.4 is 10.6 Å². The Hall–Kier alpha value is -1.17. The Kier molecular flexibility index (Phi) is 4.94. The second kappa shape index (κ2) is 5.48. The molecule has 0 amide bonds. The van der Waals surface area contributed by atoms with Crippen molar-refractivity contribution in [2.24, 2.45) is 10.9 Å². The molecule has 1 atom stereocenters. The lowest BCUT2D eigenvalue weighted by Gasteiger charge is -2.18. The molecule has 3 nitrogen and oxygen atoms in total. The van der Waals surface area contributed by atoms with E-state index in [9.17, 15) is 0 Å². The molecule has 0 aliphatic heterocycles. The third-order valence-corrected chi connectivity index (χ3v) is 1.60. The van der Waals surface area contributed by atoms with E-state index in [2.05, 4.69) is 35.4 Å². The lowest BCUT2D eigenvalue weighted by molar-refractivity contribution is 0.537. The SMILES string of the molecule is C#CC(NC(=NC)NC)C(C)C. The molecule has 1 unspecified atom stereocenters. The molecule has 0 aliphatic rings. The molecule has 68 valence electrons. The van der Waals surface area contributed by atoms with Crippen molar-refractivity contribution in [1.82, 2.24) is 10.6 Å². The van der Waals surface area contributed by atoms with Gasteiger partial charge in [0.15, 0.2) is 5.96 Å². The van der Waals surface area contributed by atoms with E-state index >= 15 is 0 Å². The molecular weight excluding hydrogens is 150 g/mol. The summed E-state index contributed by atoms with van der Waals surface area (Å²) in [5.41, 5.74) is 0. The monoisotopic (exact) mass is 167 g/mol. The first kappa shape index (κ1) is 10.8. The minimum atomic E-state index is 0.0381. The zero-order chi connectivity index (χ0) is 9.56. The van der Waals surface area contributed by atoms with Gasteiger partial charge in [0.25, 0.3) is 0 Å². The maximum Gasteiger partial charge on any atom is 0.191 e. The number of rotatable bonds is 2. The van der Waals surface area contributed by atoms with Crippen molar-refractivity contribution >= 4 is 5.96 Å². The van der Waals surface area contributed by atoms with E-state index in [-0.39, 0.29) is 6.04 Å². The van der Waals surface area contributed by atoms with Crippen LogP contribution in [0.3, 0.4) is 0 Å². The van der Waals surface area contributed by atoms with Crippen molar-refractivity contribution < 1.29 is 0 Å². The first-order chi connectivity index (χ1) is 5.65.